The predicted molar refractivity (Wildman–Crippen MR) is 86.0 cm³/mol. The van der Waals surface area contributed by atoms with Gasteiger partial charge in [-0.05, 0) is 30.9 Å². The zero-order valence-electron chi connectivity index (χ0n) is 13.3. The first-order valence-corrected chi connectivity index (χ1v) is 8.27. The Hall–Kier alpha value is -1.13. The molecule has 2 aliphatic heterocycles. The summed E-state index contributed by atoms with van der Waals surface area (Å²) in [6, 6.07) is 5.09. The van der Waals surface area contributed by atoms with E-state index in [-0.39, 0.29) is 0 Å². The van der Waals surface area contributed by atoms with Crippen LogP contribution in [0.25, 0.3) is 0 Å². The lowest BCUT2D eigenvalue weighted by molar-refractivity contribution is 0.0137. The summed E-state index contributed by atoms with van der Waals surface area (Å²) in [7, 11) is 0. The molecule has 1 atom stereocenters. The minimum atomic E-state index is 0.501. The lowest BCUT2D eigenvalue weighted by atomic mass is 10.0. The van der Waals surface area contributed by atoms with Crippen molar-refractivity contribution in [2.24, 2.45) is 0 Å². The van der Waals surface area contributed by atoms with Crippen molar-refractivity contribution in [1.82, 2.24) is 9.88 Å². The zero-order chi connectivity index (χ0) is 14.7. The van der Waals surface area contributed by atoms with Crippen LogP contribution < -0.4 is 4.90 Å². The van der Waals surface area contributed by atoms with Gasteiger partial charge < -0.3 is 9.64 Å². The number of morpholine rings is 1. The summed E-state index contributed by atoms with van der Waals surface area (Å²) in [6.07, 6.45) is 4.64. The highest BCUT2D eigenvalue weighted by Crippen LogP contribution is 2.23. The molecule has 0 spiro atoms. The fraction of sp³-hybridized carbons (Fsp3) is 0.706. The van der Waals surface area contributed by atoms with Gasteiger partial charge in [0.25, 0.3) is 0 Å². The van der Waals surface area contributed by atoms with Gasteiger partial charge >= 0.3 is 0 Å². The smallest absolute Gasteiger partial charge is 0.0594 e. The van der Waals surface area contributed by atoms with Crippen LogP contribution in [0.4, 0.5) is 5.69 Å². The summed E-state index contributed by atoms with van der Waals surface area (Å²) < 4.78 is 5.47. The van der Waals surface area contributed by atoms with Crippen molar-refractivity contribution < 1.29 is 4.74 Å². The van der Waals surface area contributed by atoms with Gasteiger partial charge in [-0.1, -0.05) is 13.8 Å². The average Bonchev–Trinajstić information content (AvgIpc) is 2.56. The predicted octanol–water partition coefficient (Wildman–Crippen LogP) is 2.51. The van der Waals surface area contributed by atoms with E-state index >= 15 is 0 Å². The van der Waals surface area contributed by atoms with Gasteiger partial charge in [0.2, 0.25) is 0 Å². The highest BCUT2D eigenvalue weighted by molar-refractivity contribution is 5.45. The van der Waals surface area contributed by atoms with Crippen LogP contribution in [0.3, 0.4) is 0 Å². The molecule has 116 valence electrons. The second kappa shape index (κ2) is 6.75. The fourth-order valence-electron chi connectivity index (χ4n) is 3.36. The quantitative estimate of drug-likeness (QED) is 0.855. The molecule has 3 heterocycles. The van der Waals surface area contributed by atoms with Crippen LogP contribution in [0.15, 0.2) is 18.3 Å². The maximum atomic E-state index is 5.47. The van der Waals surface area contributed by atoms with Crippen molar-refractivity contribution in [2.45, 2.75) is 38.6 Å². The van der Waals surface area contributed by atoms with Crippen LogP contribution in [0.2, 0.25) is 0 Å². The molecular formula is C17H27N3O. The SMILES string of the molecule is CC(C)c1ccc(N2CCCC(N3CCOCC3)C2)cn1. The summed E-state index contributed by atoms with van der Waals surface area (Å²) >= 11 is 0. The van der Waals surface area contributed by atoms with Gasteiger partial charge in [-0.3, -0.25) is 9.88 Å². The number of hydrogen-bond donors (Lipinski definition) is 0. The van der Waals surface area contributed by atoms with E-state index in [9.17, 15) is 0 Å². The first-order valence-electron chi connectivity index (χ1n) is 8.27. The van der Waals surface area contributed by atoms with E-state index < -0.39 is 0 Å². The molecule has 4 nitrogen and oxygen atoms in total. The van der Waals surface area contributed by atoms with Crippen molar-refractivity contribution in [3.8, 4) is 0 Å². The minimum absolute atomic E-state index is 0.501. The van der Waals surface area contributed by atoms with Gasteiger partial charge in [0.15, 0.2) is 0 Å². The first kappa shape index (κ1) is 14.8. The van der Waals surface area contributed by atoms with Crippen molar-refractivity contribution in [2.75, 3.05) is 44.3 Å². The number of nitrogens with zero attached hydrogens (tertiary/aromatic N) is 3. The van der Waals surface area contributed by atoms with Gasteiger partial charge in [0.05, 0.1) is 25.1 Å². The van der Waals surface area contributed by atoms with E-state index in [1.807, 2.05) is 0 Å². The van der Waals surface area contributed by atoms with Crippen molar-refractivity contribution in [3.63, 3.8) is 0 Å². The van der Waals surface area contributed by atoms with Gasteiger partial charge in [-0.25, -0.2) is 0 Å². The van der Waals surface area contributed by atoms with E-state index in [0.717, 1.165) is 39.4 Å². The van der Waals surface area contributed by atoms with Crippen molar-refractivity contribution >= 4 is 5.69 Å². The lowest BCUT2D eigenvalue weighted by Gasteiger charge is -2.41. The van der Waals surface area contributed by atoms with E-state index in [1.165, 1.54) is 24.2 Å². The highest BCUT2D eigenvalue weighted by Gasteiger charge is 2.26. The Labute approximate surface area is 128 Å². The summed E-state index contributed by atoms with van der Waals surface area (Å²) in [4.78, 5) is 9.72. The van der Waals surface area contributed by atoms with Crippen LogP contribution in [-0.2, 0) is 4.74 Å². The largest absolute Gasteiger partial charge is 0.379 e. The molecule has 0 bridgehead atoms. The molecule has 0 radical (unpaired) electrons. The maximum absolute atomic E-state index is 5.47. The molecule has 2 saturated heterocycles. The van der Waals surface area contributed by atoms with Gasteiger partial charge in [0, 0.05) is 37.9 Å². The van der Waals surface area contributed by atoms with E-state index in [2.05, 4.69) is 47.0 Å². The standard InChI is InChI=1S/C17H27N3O/c1-14(2)17-6-5-15(12-18-17)20-7-3-4-16(13-20)19-8-10-21-11-9-19/h5-6,12,14,16H,3-4,7-11,13H2,1-2H3. The topological polar surface area (TPSA) is 28.6 Å². The number of aromatic nitrogens is 1. The lowest BCUT2D eigenvalue weighted by Crippen LogP contribution is -2.51. The molecular weight excluding hydrogens is 262 g/mol. The van der Waals surface area contributed by atoms with Crippen LogP contribution in [-0.4, -0.2) is 55.3 Å². The number of piperidine rings is 1. The summed E-state index contributed by atoms with van der Waals surface area (Å²) in [5.41, 5.74) is 2.46. The van der Waals surface area contributed by atoms with Crippen LogP contribution >= 0.6 is 0 Å². The number of anilines is 1. The Morgan fingerprint density at radius 2 is 2.00 bits per heavy atom. The van der Waals surface area contributed by atoms with Gasteiger partial charge in [0.1, 0.15) is 0 Å². The summed E-state index contributed by atoms with van der Waals surface area (Å²) in [5.74, 6) is 0.501. The molecule has 0 N–H and O–H groups in total. The minimum Gasteiger partial charge on any atom is -0.379 e. The fourth-order valence-corrected chi connectivity index (χ4v) is 3.36. The van der Waals surface area contributed by atoms with Gasteiger partial charge in [-0.15, -0.1) is 0 Å². The van der Waals surface area contributed by atoms with Crippen molar-refractivity contribution in [3.05, 3.63) is 24.0 Å². The summed E-state index contributed by atoms with van der Waals surface area (Å²) in [6.45, 7) is 10.6. The molecule has 2 aliphatic rings. The Bertz CT molecular complexity index is 440. The van der Waals surface area contributed by atoms with Crippen LogP contribution in [0.1, 0.15) is 38.3 Å². The van der Waals surface area contributed by atoms with E-state index in [4.69, 9.17) is 4.74 Å². The molecule has 1 aromatic rings. The average molecular weight is 289 g/mol. The van der Waals surface area contributed by atoms with Crippen LogP contribution in [0.5, 0.6) is 0 Å². The second-order valence-electron chi connectivity index (χ2n) is 6.49. The molecule has 4 heteroatoms. The maximum Gasteiger partial charge on any atom is 0.0594 e. The molecule has 21 heavy (non-hydrogen) atoms. The Morgan fingerprint density at radius 3 is 2.67 bits per heavy atom. The van der Waals surface area contributed by atoms with Gasteiger partial charge in [-0.2, -0.15) is 0 Å². The van der Waals surface area contributed by atoms with E-state index in [0.29, 0.717) is 12.0 Å². The second-order valence-corrected chi connectivity index (χ2v) is 6.49. The third kappa shape index (κ3) is 3.55. The third-order valence-electron chi connectivity index (χ3n) is 4.69. The third-order valence-corrected chi connectivity index (χ3v) is 4.69. The first-order chi connectivity index (χ1) is 10.2. The number of pyridine rings is 1. The molecule has 1 aromatic heterocycles. The monoisotopic (exact) mass is 289 g/mol. The summed E-state index contributed by atoms with van der Waals surface area (Å²) in [5, 5.41) is 0. The molecule has 0 aromatic carbocycles. The molecule has 0 amide bonds. The van der Waals surface area contributed by atoms with E-state index in [1.54, 1.807) is 0 Å². The molecule has 3 rings (SSSR count). The van der Waals surface area contributed by atoms with Crippen LogP contribution in [0, 0.1) is 0 Å². The highest BCUT2D eigenvalue weighted by atomic mass is 16.5. The Kier molecular flexibility index (Phi) is 4.76. The molecule has 0 saturated carbocycles. The Morgan fingerprint density at radius 1 is 1.19 bits per heavy atom. The number of hydrogen-bond acceptors (Lipinski definition) is 4. The molecule has 1 unspecified atom stereocenters. The number of rotatable bonds is 3. The molecule has 0 aliphatic carbocycles. The molecule has 2 fully saturated rings. The Balaban J connectivity index is 1.64. The number of ether oxygens (including phenoxy) is 1. The zero-order valence-corrected chi connectivity index (χ0v) is 13.3. The normalized spacial score (nSPS) is 24.5. The van der Waals surface area contributed by atoms with Crippen molar-refractivity contribution in [1.29, 1.82) is 0 Å².